The fourth-order valence-corrected chi connectivity index (χ4v) is 3.27. The van der Waals surface area contributed by atoms with Gasteiger partial charge in [-0.05, 0) is 42.8 Å². The zero-order valence-corrected chi connectivity index (χ0v) is 15.2. The second-order valence-electron chi connectivity index (χ2n) is 6.21. The van der Waals surface area contributed by atoms with Crippen molar-refractivity contribution in [3.63, 3.8) is 0 Å². The summed E-state index contributed by atoms with van der Waals surface area (Å²) in [5.74, 6) is -0.597. The molecule has 0 bridgehead atoms. The fourth-order valence-electron chi connectivity index (χ4n) is 3.27. The molecule has 2 aliphatic heterocycles. The number of carbonyl (C=O) groups excluding carboxylic acids is 2. The van der Waals surface area contributed by atoms with Crippen molar-refractivity contribution in [2.24, 2.45) is 0 Å². The second-order valence-corrected chi connectivity index (χ2v) is 6.21. The van der Waals surface area contributed by atoms with E-state index in [-0.39, 0.29) is 23.6 Å². The molecule has 0 unspecified atom stereocenters. The van der Waals surface area contributed by atoms with Crippen molar-refractivity contribution in [1.82, 2.24) is 0 Å². The van der Waals surface area contributed by atoms with E-state index in [1.54, 1.807) is 37.3 Å². The van der Waals surface area contributed by atoms with Crippen LogP contribution in [-0.2, 0) is 14.3 Å². The van der Waals surface area contributed by atoms with Gasteiger partial charge in [0.25, 0.3) is 5.91 Å². The number of hydrogen-bond donors (Lipinski definition) is 0. The number of rotatable bonds is 3. The van der Waals surface area contributed by atoms with Gasteiger partial charge >= 0.3 is 5.97 Å². The van der Waals surface area contributed by atoms with Crippen LogP contribution in [-0.4, -0.2) is 25.8 Å². The van der Waals surface area contributed by atoms with Gasteiger partial charge < -0.3 is 14.2 Å². The predicted molar refractivity (Wildman–Crippen MR) is 99.1 cm³/mol. The van der Waals surface area contributed by atoms with E-state index in [2.05, 4.69) is 0 Å². The molecule has 2 aliphatic rings. The Morgan fingerprint density at radius 3 is 2.68 bits per heavy atom. The zero-order chi connectivity index (χ0) is 19.8. The van der Waals surface area contributed by atoms with E-state index in [0.29, 0.717) is 22.8 Å². The summed E-state index contributed by atoms with van der Waals surface area (Å²) in [5.41, 5.74) is 1.21. The highest BCUT2D eigenvalue weighted by Crippen LogP contribution is 2.38. The van der Waals surface area contributed by atoms with Gasteiger partial charge in [-0.2, -0.15) is 0 Å². The SMILES string of the molecule is COC(=O)C1=C(C)N(c2ccccc2F)C(=O)/C1=C\c1ccc2c(c1)OCO2. The normalized spacial score (nSPS) is 16.9. The standard InChI is InChI=1S/C21H16FNO5/c1-12-19(21(25)26-2)14(9-13-7-8-17-18(10-13)28-11-27-17)20(24)23(12)16-6-4-3-5-15(16)22/h3-10H,11H2,1-2H3/b14-9-. The summed E-state index contributed by atoms with van der Waals surface area (Å²) in [6.07, 6.45) is 1.56. The molecule has 0 atom stereocenters. The van der Waals surface area contributed by atoms with Crippen LogP contribution in [0.3, 0.4) is 0 Å². The first-order chi connectivity index (χ1) is 13.5. The van der Waals surface area contributed by atoms with E-state index in [9.17, 15) is 14.0 Å². The largest absolute Gasteiger partial charge is 0.465 e. The van der Waals surface area contributed by atoms with Crippen LogP contribution in [0, 0.1) is 5.82 Å². The maximum absolute atomic E-state index is 14.3. The Hall–Kier alpha value is -3.61. The zero-order valence-electron chi connectivity index (χ0n) is 15.2. The molecule has 28 heavy (non-hydrogen) atoms. The summed E-state index contributed by atoms with van der Waals surface area (Å²) in [5, 5.41) is 0. The Morgan fingerprint density at radius 2 is 1.93 bits per heavy atom. The van der Waals surface area contributed by atoms with E-state index in [0.717, 1.165) is 0 Å². The van der Waals surface area contributed by atoms with Gasteiger partial charge in [-0.1, -0.05) is 18.2 Å². The topological polar surface area (TPSA) is 65.1 Å². The van der Waals surface area contributed by atoms with Crippen molar-refractivity contribution >= 4 is 23.6 Å². The van der Waals surface area contributed by atoms with Gasteiger partial charge in [0.05, 0.1) is 23.9 Å². The Kier molecular flexibility index (Phi) is 4.35. The predicted octanol–water partition coefficient (Wildman–Crippen LogP) is 3.43. The van der Waals surface area contributed by atoms with Crippen molar-refractivity contribution in [2.45, 2.75) is 6.92 Å². The fraction of sp³-hybridized carbons (Fsp3) is 0.143. The van der Waals surface area contributed by atoms with E-state index < -0.39 is 17.7 Å². The number of amides is 1. The van der Waals surface area contributed by atoms with Gasteiger partial charge in [-0.3, -0.25) is 9.69 Å². The Labute approximate surface area is 160 Å². The van der Waals surface area contributed by atoms with Crippen molar-refractivity contribution in [2.75, 3.05) is 18.8 Å². The third-order valence-electron chi connectivity index (χ3n) is 4.59. The number of fused-ring (bicyclic) bond motifs is 1. The molecule has 2 aromatic rings. The number of halogens is 1. The van der Waals surface area contributed by atoms with E-state index in [1.165, 1.54) is 30.2 Å². The Balaban J connectivity index is 1.83. The molecule has 0 spiro atoms. The first-order valence-electron chi connectivity index (χ1n) is 8.51. The van der Waals surface area contributed by atoms with Crippen molar-refractivity contribution in [3.8, 4) is 11.5 Å². The molecule has 7 heteroatoms. The monoisotopic (exact) mass is 381 g/mol. The van der Waals surface area contributed by atoms with Crippen LogP contribution in [0.2, 0.25) is 0 Å². The molecule has 0 saturated heterocycles. The third-order valence-corrected chi connectivity index (χ3v) is 4.59. The highest BCUT2D eigenvalue weighted by Gasteiger charge is 2.38. The maximum atomic E-state index is 14.3. The Bertz CT molecular complexity index is 1060. The summed E-state index contributed by atoms with van der Waals surface area (Å²) in [6.45, 7) is 1.71. The molecule has 2 aromatic carbocycles. The first kappa shape index (κ1) is 17.8. The molecule has 0 aliphatic carbocycles. The molecule has 0 radical (unpaired) electrons. The van der Waals surface area contributed by atoms with E-state index >= 15 is 0 Å². The molecule has 0 fully saturated rings. The molecule has 142 valence electrons. The highest BCUT2D eigenvalue weighted by atomic mass is 19.1. The van der Waals surface area contributed by atoms with Crippen molar-refractivity contribution in [3.05, 3.63) is 70.7 Å². The summed E-state index contributed by atoms with van der Waals surface area (Å²) >= 11 is 0. The van der Waals surface area contributed by atoms with Gasteiger partial charge in [-0.25, -0.2) is 9.18 Å². The molecule has 0 saturated carbocycles. The lowest BCUT2D eigenvalue weighted by Crippen LogP contribution is -2.25. The minimum atomic E-state index is -0.670. The average molecular weight is 381 g/mol. The number of methoxy groups -OCH3 is 1. The van der Waals surface area contributed by atoms with E-state index in [1.807, 2.05) is 0 Å². The number of esters is 1. The van der Waals surface area contributed by atoms with Gasteiger partial charge in [-0.15, -0.1) is 0 Å². The number of ether oxygens (including phenoxy) is 3. The van der Waals surface area contributed by atoms with Crippen LogP contribution in [0.15, 0.2) is 59.3 Å². The molecular weight excluding hydrogens is 365 g/mol. The Morgan fingerprint density at radius 1 is 1.18 bits per heavy atom. The summed E-state index contributed by atoms with van der Waals surface area (Å²) in [4.78, 5) is 26.7. The number of para-hydroxylation sites is 1. The maximum Gasteiger partial charge on any atom is 0.340 e. The number of carbonyl (C=O) groups is 2. The van der Waals surface area contributed by atoms with Crippen molar-refractivity contribution in [1.29, 1.82) is 0 Å². The van der Waals surface area contributed by atoms with Gasteiger partial charge in [0, 0.05) is 5.70 Å². The van der Waals surface area contributed by atoms with Crippen LogP contribution in [0.25, 0.3) is 6.08 Å². The van der Waals surface area contributed by atoms with Crippen LogP contribution in [0.5, 0.6) is 11.5 Å². The summed E-state index contributed by atoms with van der Waals surface area (Å²) < 4.78 is 29.8. The first-order valence-corrected chi connectivity index (χ1v) is 8.51. The number of nitrogens with zero attached hydrogens (tertiary/aromatic N) is 1. The minimum Gasteiger partial charge on any atom is -0.465 e. The molecule has 0 aromatic heterocycles. The number of anilines is 1. The number of hydrogen-bond acceptors (Lipinski definition) is 5. The lowest BCUT2D eigenvalue weighted by molar-refractivity contribution is -0.136. The molecule has 0 N–H and O–H groups in total. The van der Waals surface area contributed by atoms with Crippen LogP contribution >= 0.6 is 0 Å². The van der Waals surface area contributed by atoms with Gasteiger partial charge in [0.2, 0.25) is 6.79 Å². The van der Waals surface area contributed by atoms with Crippen LogP contribution < -0.4 is 14.4 Å². The molecule has 4 rings (SSSR count). The van der Waals surface area contributed by atoms with Crippen LogP contribution in [0.1, 0.15) is 12.5 Å². The lowest BCUT2D eigenvalue weighted by atomic mass is 10.0. The molecule has 6 nitrogen and oxygen atoms in total. The highest BCUT2D eigenvalue weighted by molar-refractivity contribution is 6.23. The quantitative estimate of drug-likeness (QED) is 0.602. The number of allylic oxidation sites excluding steroid dienone is 1. The molecule has 2 heterocycles. The molecule has 1 amide bonds. The van der Waals surface area contributed by atoms with Gasteiger partial charge in [0.1, 0.15) is 5.82 Å². The van der Waals surface area contributed by atoms with E-state index in [4.69, 9.17) is 14.2 Å². The third kappa shape index (κ3) is 2.81. The van der Waals surface area contributed by atoms with Gasteiger partial charge in [0.15, 0.2) is 11.5 Å². The second kappa shape index (κ2) is 6.84. The van der Waals surface area contributed by atoms with Crippen LogP contribution in [0.4, 0.5) is 10.1 Å². The lowest BCUT2D eigenvalue weighted by Gasteiger charge is -2.18. The average Bonchev–Trinajstić information content (AvgIpc) is 3.25. The van der Waals surface area contributed by atoms with Crippen molar-refractivity contribution < 1.29 is 28.2 Å². The minimum absolute atomic E-state index is 0.0699. The number of benzene rings is 2. The summed E-state index contributed by atoms with van der Waals surface area (Å²) in [7, 11) is 1.23. The smallest absolute Gasteiger partial charge is 0.340 e. The molecular formula is C21H16FNO5. The summed E-state index contributed by atoms with van der Waals surface area (Å²) in [6, 6.07) is 11.1.